The Bertz CT molecular complexity index is 990. The Balaban J connectivity index is 1.36. The molecule has 29 heavy (non-hydrogen) atoms. The van der Waals surface area contributed by atoms with E-state index in [4.69, 9.17) is 0 Å². The van der Waals surface area contributed by atoms with E-state index in [0.29, 0.717) is 12.3 Å². The van der Waals surface area contributed by atoms with Crippen LogP contribution in [0.2, 0.25) is 0 Å². The average molecular weight is 389 g/mol. The molecular formula is C24H27N3O2. The smallest absolute Gasteiger partial charge is 0.245 e. The molecule has 1 fully saturated rings. The molecule has 2 amide bonds. The molecule has 1 atom stereocenters. The van der Waals surface area contributed by atoms with Crippen molar-refractivity contribution in [3.8, 4) is 0 Å². The number of amides is 2. The van der Waals surface area contributed by atoms with Gasteiger partial charge in [-0.15, -0.1) is 0 Å². The van der Waals surface area contributed by atoms with Crippen LogP contribution in [0.25, 0.3) is 10.9 Å². The molecule has 1 aliphatic heterocycles. The summed E-state index contributed by atoms with van der Waals surface area (Å²) in [5, 5.41) is 3.96. The molecular weight excluding hydrogens is 362 g/mol. The van der Waals surface area contributed by atoms with Gasteiger partial charge in [0.2, 0.25) is 11.8 Å². The van der Waals surface area contributed by atoms with Crippen LogP contribution < -0.4 is 5.32 Å². The Morgan fingerprint density at radius 3 is 2.59 bits per heavy atom. The lowest BCUT2D eigenvalue weighted by Gasteiger charge is -2.41. The highest BCUT2D eigenvalue weighted by Crippen LogP contribution is 2.24. The minimum atomic E-state index is -0.526. The highest BCUT2D eigenvalue weighted by atomic mass is 16.2. The monoisotopic (exact) mass is 389 g/mol. The summed E-state index contributed by atoms with van der Waals surface area (Å²) in [6, 6.07) is 18.0. The number of hydrogen-bond donors (Lipinski definition) is 2. The van der Waals surface area contributed by atoms with Gasteiger partial charge in [-0.2, -0.15) is 0 Å². The first kappa shape index (κ1) is 19.2. The molecule has 1 aliphatic rings. The van der Waals surface area contributed by atoms with E-state index in [-0.39, 0.29) is 11.8 Å². The molecule has 1 unspecified atom stereocenters. The van der Waals surface area contributed by atoms with E-state index in [1.54, 1.807) is 0 Å². The normalized spacial score (nSPS) is 15.1. The highest BCUT2D eigenvalue weighted by Gasteiger charge is 2.34. The zero-order chi connectivity index (χ0) is 20.2. The lowest BCUT2D eigenvalue weighted by molar-refractivity contribution is -0.141. The van der Waals surface area contributed by atoms with Crippen molar-refractivity contribution in [3.63, 3.8) is 0 Å². The van der Waals surface area contributed by atoms with Gasteiger partial charge < -0.3 is 15.2 Å². The van der Waals surface area contributed by atoms with E-state index in [2.05, 4.69) is 34.6 Å². The lowest BCUT2D eigenvalue weighted by Crippen LogP contribution is -2.57. The van der Waals surface area contributed by atoms with Crippen molar-refractivity contribution in [2.45, 2.75) is 32.2 Å². The number of nitrogens with one attached hydrogen (secondary N) is 2. The molecule has 2 N–H and O–H groups in total. The zero-order valence-electron chi connectivity index (χ0n) is 16.7. The molecule has 4 rings (SSSR count). The molecule has 1 saturated heterocycles. The molecule has 1 aromatic heterocycles. The molecule has 5 heteroatoms. The van der Waals surface area contributed by atoms with Crippen molar-refractivity contribution < 1.29 is 9.59 Å². The number of carbonyl (C=O) groups excluding carboxylic acids is 2. The number of aromatic nitrogens is 1. The van der Waals surface area contributed by atoms with Crippen LogP contribution in [-0.4, -0.2) is 40.8 Å². The van der Waals surface area contributed by atoms with Crippen LogP contribution in [0, 0.1) is 5.92 Å². The van der Waals surface area contributed by atoms with Gasteiger partial charge in [0.25, 0.3) is 0 Å². The Labute approximate surface area is 171 Å². The van der Waals surface area contributed by atoms with Gasteiger partial charge in [0.05, 0.1) is 0 Å². The summed E-state index contributed by atoms with van der Waals surface area (Å²) >= 11 is 0. The first-order valence-electron chi connectivity index (χ1n) is 10.2. The fourth-order valence-corrected chi connectivity index (χ4v) is 4.13. The van der Waals surface area contributed by atoms with Gasteiger partial charge in [0, 0.05) is 43.5 Å². The number of carbonyl (C=O) groups is 2. The number of fused-ring (bicyclic) bond motifs is 1. The second kappa shape index (κ2) is 8.52. The van der Waals surface area contributed by atoms with E-state index in [9.17, 15) is 9.59 Å². The molecule has 5 nitrogen and oxygen atoms in total. The van der Waals surface area contributed by atoms with Crippen LogP contribution in [0.1, 0.15) is 24.5 Å². The Morgan fingerprint density at radius 1 is 1.10 bits per heavy atom. The van der Waals surface area contributed by atoms with Crippen LogP contribution in [-0.2, 0) is 22.4 Å². The molecule has 0 bridgehead atoms. The SMILES string of the molecule is CC(=O)NC(Cc1c[nH]c2ccccc12)C(=O)N1CC(CCc2ccccc2)C1. The van der Waals surface area contributed by atoms with Gasteiger partial charge in [-0.3, -0.25) is 9.59 Å². The molecule has 0 aliphatic carbocycles. The van der Waals surface area contributed by atoms with Crippen LogP contribution in [0.3, 0.4) is 0 Å². The summed E-state index contributed by atoms with van der Waals surface area (Å²) in [5.41, 5.74) is 3.43. The number of rotatable bonds is 7. The maximum Gasteiger partial charge on any atom is 0.245 e. The first-order chi connectivity index (χ1) is 14.1. The van der Waals surface area contributed by atoms with Gasteiger partial charge in [-0.05, 0) is 36.0 Å². The summed E-state index contributed by atoms with van der Waals surface area (Å²) in [7, 11) is 0. The van der Waals surface area contributed by atoms with Gasteiger partial charge >= 0.3 is 0 Å². The van der Waals surface area contributed by atoms with Gasteiger partial charge in [0.15, 0.2) is 0 Å². The summed E-state index contributed by atoms with van der Waals surface area (Å²) in [6.45, 7) is 3.01. The van der Waals surface area contributed by atoms with Crippen molar-refractivity contribution in [2.24, 2.45) is 5.92 Å². The molecule has 0 radical (unpaired) electrons. The van der Waals surface area contributed by atoms with Crippen LogP contribution in [0.4, 0.5) is 0 Å². The van der Waals surface area contributed by atoms with Crippen LogP contribution in [0.15, 0.2) is 60.8 Å². The fourth-order valence-electron chi connectivity index (χ4n) is 4.13. The number of para-hydroxylation sites is 1. The summed E-state index contributed by atoms with van der Waals surface area (Å²) < 4.78 is 0. The number of aryl methyl sites for hydroxylation is 1. The average Bonchev–Trinajstić information content (AvgIpc) is 3.09. The second-order valence-electron chi connectivity index (χ2n) is 7.95. The zero-order valence-corrected chi connectivity index (χ0v) is 16.7. The van der Waals surface area contributed by atoms with Crippen molar-refractivity contribution in [1.82, 2.24) is 15.2 Å². The van der Waals surface area contributed by atoms with Gasteiger partial charge in [0.1, 0.15) is 6.04 Å². The quantitative estimate of drug-likeness (QED) is 0.651. The molecule has 0 spiro atoms. The second-order valence-corrected chi connectivity index (χ2v) is 7.95. The third kappa shape index (κ3) is 4.50. The number of hydrogen-bond acceptors (Lipinski definition) is 2. The van der Waals surface area contributed by atoms with Gasteiger partial charge in [-0.1, -0.05) is 48.5 Å². The van der Waals surface area contributed by atoms with E-state index in [1.807, 2.05) is 41.4 Å². The van der Waals surface area contributed by atoms with Crippen LogP contribution >= 0.6 is 0 Å². The van der Waals surface area contributed by atoms with Crippen molar-refractivity contribution >= 4 is 22.7 Å². The van der Waals surface area contributed by atoms with Crippen molar-refractivity contribution in [2.75, 3.05) is 13.1 Å². The number of H-pyrrole nitrogens is 1. The number of aromatic amines is 1. The minimum Gasteiger partial charge on any atom is -0.361 e. The number of likely N-dealkylation sites (tertiary alicyclic amines) is 1. The summed E-state index contributed by atoms with van der Waals surface area (Å²) in [4.78, 5) is 29.9. The predicted octanol–water partition coefficient (Wildman–Crippen LogP) is 3.31. The Kier molecular flexibility index (Phi) is 5.65. The molecule has 2 aromatic carbocycles. The molecule has 3 aromatic rings. The Morgan fingerprint density at radius 2 is 1.83 bits per heavy atom. The third-order valence-electron chi connectivity index (χ3n) is 5.73. The summed E-state index contributed by atoms with van der Waals surface area (Å²) in [5.74, 6) is 0.371. The predicted molar refractivity (Wildman–Crippen MR) is 114 cm³/mol. The van der Waals surface area contributed by atoms with E-state index in [0.717, 1.165) is 42.4 Å². The fraction of sp³-hybridized carbons (Fsp3) is 0.333. The number of benzene rings is 2. The largest absolute Gasteiger partial charge is 0.361 e. The van der Waals surface area contributed by atoms with E-state index < -0.39 is 6.04 Å². The van der Waals surface area contributed by atoms with Crippen molar-refractivity contribution in [3.05, 3.63) is 71.9 Å². The summed E-state index contributed by atoms with van der Waals surface area (Å²) in [6.07, 6.45) is 4.55. The third-order valence-corrected chi connectivity index (χ3v) is 5.73. The van der Waals surface area contributed by atoms with Crippen LogP contribution in [0.5, 0.6) is 0 Å². The maximum atomic E-state index is 13.0. The number of nitrogens with zero attached hydrogens (tertiary/aromatic N) is 1. The molecule has 2 heterocycles. The topological polar surface area (TPSA) is 65.2 Å². The maximum absolute atomic E-state index is 13.0. The van der Waals surface area contributed by atoms with Gasteiger partial charge in [-0.25, -0.2) is 0 Å². The molecule has 150 valence electrons. The highest BCUT2D eigenvalue weighted by molar-refractivity contribution is 5.89. The van der Waals surface area contributed by atoms with E-state index in [1.165, 1.54) is 12.5 Å². The minimum absolute atomic E-state index is 0.0152. The first-order valence-corrected chi connectivity index (χ1v) is 10.2. The Hall–Kier alpha value is -3.08. The van der Waals surface area contributed by atoms with E-state index >= 15 is 0 Å². The lowest BCUT2D eigenvalue weighted by atomic mass is 9.91. The standard InChI is InChI=1S/C24H27N3O2/c1-17(28)26-23(13-20-14-25-22-10-6-5-9-21(20)22)24(29)27-15-19(16-27)12-11-18-7-3-2-4-8-18/h2-10,14,19,23,25H,11-13,15-16H2,1H3,(H,26,28). The van der Waals surface area contributed by atoms with Crippen molar-refractivity contribution in [1.29, 1.82) is 0 Å². The molecule has 0 saturated carbocycles.